The third-order valence-electron chi connectivity index (χ3n) is 7.33. The number of rotatable bonds is 3. The van der Waals surface area contributed by atoms with Crippen molar-refractivity contribution < 1.29 is 28.3 Å². The molecule has 35 heavy (non-hydrogen) atoms. The Labute approximate surface area is 200 Å². The van der Waals surface area contributed by atoms with Gasteiger partial charge in [0, 0.05) is 11.1 Å². The van der Waals surface area contributed by atoms with E-state index in [0.29, 0.717) is 17.7 Å². The maximum Gasteiger partial charge on any atom is 0.241 e. The summed E-state index contributed by atoms with van der Waals surface area (Å²) in [5.74, 6) is -5.34. The lowest BCUT2D eigenvalue weighted by Gasteiger charge is -2.28. The zero-order chi connectivity index (χ0) is 24.5. The van der Waals surface area contributed by atoms with Crippen LogP contribution in [0.5, 0.6) is 0 Å². The number of ketones is 2. The zero-order valence-electron chi connectivity index (χ0n) is 18.7. The lowest BCUT2D eigenvalue weighted by Crippen LogP contribution is -2.51. The van der Waals surface area contributed by atoms with Gasteiger partial charge in [-0.2, -0.15) is 0 Å². The molecule has 0 aromatic heterocycles. The first kappa shape index (κ1) is 21.6. The van der Waals surface area contributed by atoms with Gasteiger partial charge in [-0.15, -0.1) is 0 Å². The van der Waals surface area contributed by atoms with Gasteiger partial charge >= 0.3 is 0 Å². The molecule has 3 aromatic rings. The van der Waals surface area contributed by atoms with E-state index < -0.39 is 52.7 Å². The Morgan fingerprint density at radius 1 is 0.829 bits per heavy atom. The molecule has 3 aliphatic rings. The predicted molar refractivity (Wildman–Crippen MR) is 123 cm³/mol. The highest BCUT2D eigenvalue weighted by Crippen LogP contribution is 2.57. The second-order valence-electron chi connectivity index (χ2n) is 9.03. The van der Waals surface area contributed by atoms with Gasteiger partial charge in [0.2, 0.25) is 29.0 Å². The summed E-state index contributed by atoms with van der Waals surface area (Å²) in [5, 5.41) is 0. The van der Waals surface area contributed by atoms with Crippen molar-refractivity contribution >= 4 is 29.1 Å². The Morgan fingerprint density at radius 2 is 1.43 bits per heavy atom. The number of imide groups is 1. The van der Waals surface area contributed by atoms with E-state index in [0.717, 1.165) is 10.5 Å². The van der Waals surface area contributed by atoms with Gasteiger partial charge in [-0.3, -0.25) is 19.2 Å². The molecule has 0 N–H and O–H groups in total. The van der Waals surface area contributed by atoms with Gasteiger partial charge in [0.25, 0.3) is 0 Å². The quantitative estimate of drug-likeness (QED) is 0.427. The lowest BCUT2D eigenvalue weighted by molar-refractivity contribution is -0.127. The monoisotopic (exact) mass is 469 g/mol. The molecule has 2 amide bonds. The van der Waals surface area contributed by atoms with E-state index in [1.54, 1.807) is 24.3 Å². The average Bonchev–Trinajstić information content (AvgIpc) is 3.44. The topological polar surface area (TPSA) is 80.8 Å². The predicted octanol–water partition coefficient (Wildman–Crippen LogP) is 4.08. The summed E-state index contributed by atoms with van der Waals surface area (Å²) >= 11 is 0. The molecule has 0 unspecified atom stereocenters. The Hall–Kier alpha value is -3.97. The number of para-hydroxylation sites is 1. The van der Waals surface area contributed by atoms with Crippen LogP contribution in [0.3, 0.4) is 0 Å². The first-order chi connectivity index (χ1) is 16.9. The molecule has 0 saturated carbocycles. The van der Waals surface area contributed by atoms with Crippen LogP contribution >= 0.6 is 0 Å². The largest absolute Gasteiger partial charge is 0.349 e. The summed E-state index contributed by atoms with van der Waals surface area (Å²) in [6.45, 7) is 1.91. The Morgan fingerprint density at radius 3 is 2.06 bits per heavy atom. The van der Waals surface area contributed by atoms with Crippen LogP contribution in [0, 0.1) is 17.7 Å². The number of hydrogen-bond donors (Lipinski definition) is 0. The maximum atomic E-state index is 14.0. The molecule has 6 nitrogen and oxygen atoms in total. The number of nitrogens with zero attached hydrogens (tertiary/aromatic N) is 1. The molecule has 3 aromatic carbocycles. The van der Waals surface area contributed by atoms with Crippen LogP contribution in [0.2, 0.25) is 0 Å². The van der Waals surface area contributed by atoms with Crippen molar-refractivity contribution in [3.05, 3.63) is 101 Å². The van der Waals surface area contributed by atoms with Crippen molar-refractivity contribution in [2.45, 2.75) is 25.0 Å². The van der Waals surface area contributed by atoms with E-state index in [1.165, 1.54) is 36.4 Å². The molecule has 2 saturated heterocycles. The van der Waals surface area contributed by atoms with Gasteiger partial charge < -0.3 is 4.74 Å². The van der Waals surface area contributed by atoms with Crippen LogP contribution in [-0.2, 0) is 20.7 Å². The third kappa shape index (κ3) is 2.73. The number of carbonyl (C=O) groups is 4. The first-order valence-electron chi connectivity index (χ1n) is 11.5. The summed E-state index contributed by atoms with van der Waals surface area (Å²) < 4.78 is 19.9. The number of aryl methyl sites for hydroxylation is 1. The Kier molecular flexibility index (Phi) is 4.63. The second-order valence-corrected chi connectivity index (χ2v) is 9.03. The normalized spacial score (nSPS) is 24.4. The van der Waals surface area contributed by atoms with E-state index in [1.807, 2.05) is 19.1 Å². The molecule has 2 fully saturated rings. The zero-order valence-corrected chi connectivity index (χ0v) is 18.7. The number of amides is 2. The molecular formula is C28H20FNO5. The number of halogens is 1. The van der Waals surface area contributed by atoms with Gasteiger partial charge in [-0.25, -0.2) is 9.29 Å². The maximum absolute atomic E-state index is 14.0. The minimum atomic E-state index is -2.14. The summed E-state index contributed by atoms with van der Waals surface area (Å²) in [4.78, 5) is 56.4. The van der Waals surface area contributed by atoms with Crippen molar-refractivity contribution in [3.8, 4) is 0 Å². The highest BCUT2D eigenvalue weighted by molar-refractivity contribution is 6.37. The number of Topliss-reactive ketones (excluding diaryl/α,β-unsaturated/α-hetero) is 2. The molecule has 174 valence electrons. The van der Waals surface area contributed by atoms with Crippen LogP contribution in [0.1, 0.15) is 44.9 Å². The molecule has 0 radical (unpaired) electrons. The average molecular weight is 469 g/mol. The molecule has 7 heteroatoms. The van der Waals surface area contributed by atoms with Crippen molar-refractivity contribution in [2.24, 2.45) is 11.8 Å². The number of benzene rings is 3. The highest BCUT2D eigenvalue weighted by atomic mass is 19.1. The van der Waals surface area contributed by atoms with Gasteiger partial charge in [0.1, 0.15) is 5.82 Å². The number of anilines is 1. The number of ether oxygens (including phenoxy) is 1. The highest BCUT2D eigenvalue weighted by Gasteiger charge is 2.74. The smallest absolute Gasteiger partial charge is 0.241 e. The van der Waals surface area contributed by atoms with Crippen molar-refractivity contribution in [1.82, 2.24) is 0 Å². The summed E-state index contributed by atoms with van der Waals surface area (Å²) in [6, 6.07) is 18.7. The van der Waals surface area contributed by atoms with Gasteiger partial charge in [-0.1, -0.05) is 61.5 Å². The van der Waals surface area contributed by atoms with E-state index in [4.69, 9.17) is 4.74 Å². The molecule has 6 rings (SSSR count). The minimum Gasteiger partial charge on any atom is -0.349 e. The van der Waals surface area contributed by atoms with Gasteiger partial charge in [-0.05, 0) is 35.7 Å². The number of fused-ring (bicyclic) bond motifs is 3. The van der Waals surface area contributed by atoms with E-state index in [9.17, 15) is 23.6 Å². The Bertz CT molecular complexity index is 1390. The van der Waals surface area contributed by atoms with E-state index >= 15 is 0 Å². The summed E-state index contributed by atoms with van der Waals surface area (Å²) in [5.41, 5.74) is -0.164. The van der Waals surface area contributed by atoms with Crippen LogP contribution in [-0.4, -0.2) is 29.0 Å². The number of carbonyl (C=O) groups excluding carboxylic acids is 4. The molecule has 1 spiro atoms. The fraction of sp³-hybridized carbons (Fsp3) is 0.214. The lowest BCUT2D eigenvalue weighted by atomic mass is 9.77. The molecule has 3 atom stereocenters. The molecule has 2 heterocycles. The van der Waals surface area contributed by atoms with Gasteiger partial charge in [0.15, 0.2) is 0 Å². The standard InChI is InChI=1S/C28H20FNO5/c1-2-15-7-3-6-10-20(15)30-26(33)21-22(27(30)34)28(35-23(21)16-11-13-17(29)14-12-16)24(31)18-8-4-5-9-19(18)25(28)32/h3-14,21-23H,2H2,1H3/t21-,22+,23+/m1/s1. The fourth-order valence-electron chi connectivity index (χ4n) is 5.74. The van der Waals surface area contributed by atoms with Crippen LogP contribution in [0.4, 0.5) is 10.1 Å². The third-order valence-corrected chi connectivity index (χ3v) is 7.33. The molecule has 1 aliphatic carbocycles. The summed E-state index contributed by atoms with van der Waals surface area (Å²) in [7, 11) is 0. The van der Waals surface area contributed by atoms with Gasteiger partial charge in [0.05, 0.1) is 23.6 Å². The van der Waals surface area contributed by atoms with Crippen LogP contribution in [0.25, 0.3) is 0 Å². The fourth-order valence-corrected chi connectivity index (χ4v) is 5.74. The van der Waals surface area contributed by atoms with Crippen LogP contribution in [0.15, 0.2) is 72.8 Å². The SMILES string of the molecule is CCc1ccccc1N1C(=O)[C@@H]2[C@@H](C1=O)C1(O[C@H]2c2ccc(F)cc2)C(=O)c2ccccc2C1=O. The summed E-state index contributed by atoms with van der Waals surface area (Å²) in [6.07, 6.45) is -0.493. The number of hydrogen-bond acceptors (Lipinski definition) is 5. The molecular weight excluding hydrogens is 449 g/mol. The van der Waals surface area contributed by atoms with Crippen molar-refractivity contribution in [1.29, 1.82) is 0 Å². The van der Waals surface area contributed by atoms with E-state index in [-0.39, 0.29) is 11.1 Å². The van der Waals surface area contributed by atoms with Crippen molar-refractivity contribution in [2.75, 3.05) is 4.90 Å². The van der Waals surface area contributed by atoms with Crippen LogP contribution < -0.4 is 4.90 Å². The minimum absolute atomic E-state index is 0.170. The molecule has 0 bridgehead atoms. The second kappa shape index (κ2) is 7.52. The molecule has 2 aliphatic heterocycles. The van der Waals surface area contributed by atoms with E-state index in [2.05, 4.69) is 0 Å². The Balaban J connectivity index is 1.55. The van der Waals surface area contributed by atoms with Crippen molar-refractivity contribution in [3.63, 3.8) is 0 Å². The first-order valence-corrected chi connectivity index (χ1v) is 11.5.